The first kappa shape index (κ1) is 48.0. The molecule has 303 valence electrons. The second-order valence-electron chi connectivity index (χ2n) is 12.8. The van der Waals surface area contributed by atoms with Gasteiger partial charge in [-0.25, -0.2) is 0 Å². The number of hydrogen-bond donors (Lipinski definition) is 11. The van der Waals surface area contributed by atoms with Crippen LogP contribution in [-0.4, -0.2) is 210 Å². The molecule has 0 saturated carbocycles. The summed E-state index contributed by atoms with van der Waals surface area (Å²) < 4.78 is 46.2. The van der Waals surface area contributed by atoms with E-state index < -0.39 is 155 Å². The second kappa shape index (κ2) is 21.4. The molecule has 0 aromatic rings. The van der Waals surface area contributed by atoms with Gasteiger partial charge in [-0.05, 0) is 14.0 Å². The van der Waals surface area contributed by atoms with E-state index in [4.69, 9.17) is 49.4 Å². The molecular weight excluding hydrogens is 777 g/mol. The number of nitrogens with two attached hydrogens (primary N) is 1. The minimum Gasteiger partial charge on any atom is -0.668 e. The maximum absolute atomic E-state index is 11.7. The molecule has 1 radical (unpaired) electrons. The van der Waals surface area contributed by atoms with Gasteiger partial charge in [0.2, 0.25) is 5.91 Å². The smallest absolute Gasteiger partial charge is 0.217 e. The topological polar surface area (TPSA) is 327 Å². The quantitative estimate of drug-likeness (QED) is 0.0823. The average Bonchev–Trinajstić information content (AvgIpc) is 3.09. The summed E-state index contributed by atoms with van der Waals surface area (Å²) in [5, 5.41) is 89.8. The van der Waals surface area contributed by atoms with Crippen molar-refractivity contribution < 1.29 is 116 Å². The minimum atomic E-state index is -1.72. The van der Waals surface area contributed by atoms with E-state index in [2.05, 4.69) is 10.6 Å². The van der Waals surface area contributed by atoms with Crippen LogP contribution in [0.15, 0.2) is 0 Å². The number of aliphatic hydroxyl groups excluding tert-OH is 8. The first-order valence-corrected chi connectivity index (χ1v) is 16.4. The number of methoxy groups -OCH3 is 1. The molecule has 4 heterocycles. The number of carbonyl (C=O) groups is 1. The Bertz CT molecular complexity index is 1080. The normalized spacial score (nSPS) is 46.8. The van der Waals surface area contributed by atoms with Crippen LogP contribution in [0.2, 0.25) is 0 Å². The van der Waals surface area contributed by atoms with Crippen molar-refractivity contribution in [2.24, 2.45) is 5.73 Å². The molecule has 4 aliphatic heterocycles. The van der Waals surface area contributed by atoms with E-state index in [1.807, 2.05) is 0 Å². The van der Waals surface area contributed by atoms with Crippen molar-refractivity contribution >= 4 is 5.91 Å². The fourth-order valence-electron chi connectivity index (χ4n) is 6.87. The Labute approximate surface area is 327 Å². The van der Waals surface area contributed by atoms with Crippen molar-refractivity contribution in [3.63, 3.8) is 0 Å². The molecule has 20 atom stereocenters. The zero-order chi connectivity index (χ0) is 37.0. The summed E-state index contributed by atoms with van der Waals surface area (Å²) in [5.74, 6) is -0.453. The number of amides is 1. The van der Waals surface area contributed by atoms with E-state index in [1.54, 1.807) is 6.92 Å². The third kappa shape index (κ3) is 10.2. The molecule has 0 aromatic heterocycles. The van der Waals surface area contributed by atoms with Crippen molar-refractivity contribution in [1.82, 2.24) is 10.6 Å². The fraction of sp³-hybridized carbons (Fsp3) is 0.967. The molecule has 0 aliphatic carbocycles. The van der Waals surface area contributed by atoms with Crippen LogP contribution in [0.25, 0.3) is 5.73 Å². The summed E-state index contributed by atoms with van der Waals surface area (Å²) in [4.78, 5) is 11.7. The monoisotopic (exact) mass is 834 g/mol. The number of likely N-dealkylation sites (N-methyl/N-ethyl adjacent to an activating group) is 1. The molecule has 22 heteroatoms. The number of ether oxygens (including phenoxy) is 8. The van der Waals surface area contributed by atoms with Gasteiger partial charge in [0.1, 0.15) is 73.4 Å². The molecule has 4 rings (SSSR count). The summed E-state index contributed by atoms with van der Waals surface area (Å²) in [6, 6.07) is -4.86. The Morgan fingerprint density at radius 2 is 1.13 bits per heavy atom. The molecule has 13 N–H and O–H groups in total. The summed E-state index contributed by atoms with van der Waals surface area (Å²) in [5.41, 5.74) is 14.8. The molecule has 0 spiro atoms. The predicted octanol–water partition coefficient (Wildman–Crippen LogP) is -5.99. The molecular formula is C30H57N4O17Y-. The molecule has 4 fully saturated rings. The fourth-order valence-corrected chi connectivity index (χ4v) is 6.87. The number of carbonyl (C=O) groups excluding carboxylic acids is 1. The third-order valence-corrected chi connectivity index (χ3v) is 9.60. The van der Waals surface area contributed by atoms with Crippen LogP contribution >= 0.6 is 0 Å². The van der Waals surface area contributed by atoms with Crippen LogP contribution in [0.4, 0.5) is 0 Å². The van der Waals surface area contributed by atoms with Crippen LogP contribution in [0.3, 0.4) is 0 Å². The molecule has 0 aromatic carbocycles. The van der Waals surface area contributed by atoms with E-state index in [9.17, 15) is 45.6 Å². The van der Waals surface area contributed by atoms with Crippen molar-refractivity contribution in [3.05, 3.63) is 5.73 Å². The molecule has 0 bridgehead atoms. The first-order chi connectivity index (χ1) is 23.8. The Kier molecular flexibility index (Phi) is 19.7. The molecule has 1 amide bonds. The Morgan fingerprint density at radius 1 is 0.712 bits per heavy atom. The average molecular weight is 835 g/mol. The second-order valence-corrected chi connectivity index (χ2v) is 12.8. The van der Waals surface area contributed by atoms with Gasteiger partial charge in [0.15, 0.2) is 12.6 Å². The number of aliphatic hydroxyl groups is 8. The largest absolute Gasteiger partial charge is 0.668 e. The van der Waals surface area contributed by atoms with Gasteiger partial charge < -0.3 is 101 Å². The van der Waals surface area contributed by atoms with Crippen LogP contribution in [-0.2, 0) is 75.4 Å². The van der Waals surface area contributed by atoms with E-state index >= 15 is 0 Å². The zero-order valence-electron chi connectivity index (χ0n) is 28.8. The van der Waals surface area contributed by atoms with Crippen molar-refractivity contribution in [2.75, 3.05) is 40.6 Å². The summed E-state index contributed by atoms with van der Waals surface area (Å²) >= 11 is 0. The van der Waals surface area contributed by atoms with E-state index in [-0.39, 0.29) is 40.1 Å². The summed E-state index contributed by atoms with van der Waals surface area (Å²) in [6.07, 6.45) is -20.9. The molecule has 20 unspecified atom stereocenters. The van der Waals surface area contributed by atoms with Crippen LogP contribution in [0, 0.1) is 0 Å². The SMILES string of the molecule is C.CNC1C(OC2C(CO)OC(OC3C(CO)OC(C)C(NC(C)=O)C3O)C([NH-])C2O)OC(CO)C(OC2OC(CO)C(OC)C(O)C2N)C1O.[Y]. The van der Waals surface area contributed by atoms with Gasteiger partial charge in [-0.3, -0.25) is 4.79 Å². The summed E-state index contributed by atoms with van der Waals surface area (Å²) in [6.45, 7) is 0.233. The van der Waals surface area contributed by atoms with Crippen molar-refractivity contribution in [1.29, 1.82) is 0 Å². The van der Waals surface area contributed by atoms with Crippen molar-refractivity contribution in [2.45, 2.75) is 144 Å². The van der Waals surface area contributed by atoms with Crippen LogP contribution in [0.5, 0.6) is 0 Å². The first-order valence-electron chi connectivity index (χ1n) is 16.4. The van der Waals surface area contributed by atoms with E-state index in [0.29, 0.717) is 0 Å². The molecule has 21 nitrogen and oxygen atoms in total. The van der Waals surface area contributed by atoms with Gasteiger partial charge in [0, 0.05) is 46.7 Å². The zero-order valence-corrected chi connectivity index (χ0v) is 31.6. The molecule has 4 aliphatic rings. The van der Waals surface area contributed by atoms with Crippen LogP contribution in [0.1, 0.15) is 21.3 Å². The van der Waals surface area contributed by atoms with Gasteiger partial charge in [0.25, 0.3) is 0 Å². The van der Waals surface area contributed by atoms with Crippen molar-refractivity contribution in [3.8, 4) is 0 Å². The number of hydrogen-bond acceptors (Lipinski definition) is 19. The Hall–Kier alpha value is -0.186. The maximum Gasteiger partial charge on any atom is 0.217 e. The van der Waals surface area contributed by atoms with Crippen LogP contribution < -0.4 is 16.4 Å². The van der Waals surface area contributed by atoms with Gasteiger partial charge >= 0.3 is 0 Å². The molecule has 4 saturated heterocycles. The third-order valence-electron chi connectivity index (χ3n) is 9.60. The number of rotatable bonds is 13. The van der Waals surface area contributed by atoms with Gasteiger partial charge in [-0.15, -0.1) is 0 Å². The molecule has 52 heavy (non-hydrogen) atoms. The van der Waals surface area contributed by atoms with Gasteiger partial charge in [0.05, 0.1) is 56.8 Å². The van der Waals surface area contributed by atoms with E-state index in [0.717, 1.165) is 0 Å². The van der Waals surface area contributed by atoms with Gasteiger partial charge in [-0.2, -0.15) is 0 Å². The van der Waals surface area contributed by atoms with Gasteiger partial charge in [-0.1, -0.05) is 13.5 Å². The summed E-state index contributed by atoms with van der Waals surface area (Å²) in [7, 11) is 2.77. The number of nitrogens with one attached hydrogen (secondary N) is 3. The Balaban J connectivity index is 0.00000468. The minimum absolute atomic E-state index is 0. The predicted molar refractivity (Wildman–Crippen MR) is 171 cm³/mol. The Morgan fingerprint density at radius 3 is 1.63 bits per heavy atom. The maximum atomic E-state index is 11.7. The standard InChI is InChI=1S/C29H53N4O17.CH4.Y/c1-9-17(33-10(2)38)21(41)25(12(6-35)44-9)48-28-16(31)20(40)24(13(7-36)46-28)50-29-18(32-3)22(42)26(14(8-37)47-29)49-27-15(30)19(39)23(43-4)11(5-34)45-27;;/h9,11-29,31-32,34-37,39-42H,5-8,30H2,1-4H3,(H,33,38);1H4;/q-1;;. The van der Waals surface area contributed by atoms with E-state index in [1.165, 1.54) is 21.1 Å².